The van der Waals surface area contributed by atoms with Crippen LogP contribution in [0.5, 0.6) is 0 Å². The van der Waals surface area contributed by atoms with E-state index in [0.29, 0.717) is 0 Å². The lowest BCUT2D eigenvalue weighted by Crippen LogP contribution is -2.21. The lowest BCUT2D eigenvalue weighted by Gasteiger charge is -2.28. The van der Waals surface area contributed by atoms with E-state index in [0.717, 1.165) is 59.2 Å². The molecule has 0 radical (unpaired) electrons. The Bertz CT molecular complexity index is 1110. The van der Waals surface area contributed by atoms with Gasteiger partial charge in [-0.25, -0.2) is 14.4 Å². The normalized spacial score (nSPS) is 19.9. The number of nitrogens with one attached hydrogen (secondary N) is 1. The predicted octanol–water partition coefficient (Wildman–Crippen LogP) is 4.71. The summed E-state index contributed by atoms with van der Waals surface area (Å²) >= 11 is 0. The largest absolute Gasteiger partial charge is 0.393 e. The molecule has 0 spiro atoms. The Labute approximate surface area is 161 Å². The number of nitrogens with zero attached hydrogens (tertiary/aromatic N) is 3. The maximum atomic E-state index is 13.5. The molecule has 3 heterocycles. The molecule has 0 unspecified atom stereocenters. The fraction of sp³-hybridized carbons (Fsp3) is 0.273. The molecule has 0 aliphatic heterocycles. The second-order valence-electron chi connectivity index (χ2n) is 7.42. The van der Waals surface area contributed by atoms with Gasteiger partial charge >= 0.3 is 0 Å². The summed E-state index contributed by atoms with van der Waals surface area (Å²) in [5.74, 6) is -0.261. The van der Waals surface area contributed by atoms with E-state index in [-0.39, 0.29) is 18.0 Å². The van der Waals surface area contributed by atoms with Crippen LogP contribution in [0.2, 0.25) is 0 Å². The third kappa shape index (κ3) is 2.90. The molecule has 28 heavy (non-hydrogen) atoms. The van der Waals surface area contributed by atoms with Gasteiger partial charge in [-0.15, -0.1) is 0 Å². The van der Waals surface area contributed by atoms with Gasteiger partial charge in [0.2, 0.25) is 0 Å². The van der Waals surface area contributed by atoms with Crippen molar-refractivity contribution in [2.45, 2.75) is 37.8 Å². The van der Waals surface area contributed by atoms with Crippen molar-refractivity contribution in [3.63, 3.8) is 0 Å². The predicted molar refractivity (Wildman–Crippen MR) is 106 cm³/mol. The molecule has 1 saturated carbocycles. The van der Waals surface area contributed by atoms with Gasteiger partial charge in [0.15, 0.2) is 0 Å². The maximum absolute atomic E-state index is 13.5. The van der Waals surface area contributed by atoms with Crippen LogP contribution < -0.4 is 0 Å². The third-order valence-corrected chi connectivity index (χ3v) is 5.69. The van der Waals surface area contributed by atoms with Crippen molar-refractivity contribution in [1.82, 2.24) is 19.5 Å². The lowest BCUT2D eigenvalue weighted by molar-refractivity contribution is 0.111. The highest BCUT2D eigenvalue weighted by Gasteiger charge is 2.26. The summed E-state index contributed by atoms with van der Waals surface area (Å²) in [6.45, 7) is 0. The molecular weight excluding hydrogens is 355 g/mol. The zero-order valence-corrected chi connectivity index (χ0v) is 15.3. The highest BCUT2D eigenvalue weighted by Crippen LogP contribution is 2.39. The molecule has 1 fully saturated rings. The first-order valence-electron chi connectivity index (χ1n) is 9.64. The number of aromatic nitrogens is 4. The molecule has 142 valence electrons. The van der Waals surface area contributed by atoms with Crippen LogP contribution in [0.25, 0.3) is 33.5 Å². The van der Waals surface area contributed by atoms with E-state index in [1.807, 2.05) is 24.7 Å². The van der Waals surface area contributed by atoms with Crippen LogP contribution in [0.4, 0.5) is 4.39 Å². The number of rotatable bonds is 3. The Kier molecular flexibility index (Phi) is 4.20. The molecule has 1 aromatic carbocycles. The van der Waals surface area contributed by atoms with Gasteiger partial charge in [-0.3, -0.25) is 0 Å². The molecule has 0 bridgehead atoms. The topological polar surface area (TPSA) is 66.7 Å². The Hall–Kier alpha value is -2.99. The van der Waals surface area contributed by atoms with Crippen LogP contribution in [0.3, 0.4) is 0 Å². The van der Waals surface area contributed by atoms with Crippen molar-refractivity contribution in [2.75, 3.05) is 0 Å². The minimum atomic E-state index is -0.261. The summed E-state index contributed by atoms with van der Waals surface area (Å²) in [6, 6.07) is 10.8. The Balaban J connectivity index is 1.70. The van der Waals surface area contributed by atoms with Crippen LogP contribution in [0.15, 0.2) is 55.1 Å². The molecule has 1 aliphatic rings. The molecular formula is C22H21FN4O. The SMILES string of the molecule is OC1CCC(n2cnc(-c3ccc(F)cc3)c2-c2ccnc3[nH]ccc23)CC1. The fourth-order valence-electron chi connectivity index (χ4n) is 4.23. The first kappa shape index (κ1) is 17.1. The van der Waals surface area contributed by atoms with Crippen molar-refractivity contribution in [3.8, 4) is 22.5 Å². The number of H-pyrrole nitrogens is 1. The molecule has 0 saturated heterocycles. The standard InChI is InChI=1S/C22H21FN4O/c23-15-3-1-14(2-4-15)20-21(18-9-11-24-22-19(18)10-12-25-22)27(13-26-20)16-5-7-17(28)8-6-16/h1-4,9-13,16-17,28H,5-8H2,(H,24,25). The van der Waals surface area contributed by atoms with Gasteiger partial charge in [0.25, 0.3) is 0 Å². The second kappa shape index (κ2) is 6.87. The molecule has 6 heteroatoms. The van der Waals surface area contributed by atoms with Gasteiger partial charge in [-0.05, 0) is 62.1 Å². The van der Waals surface area contributed by atoms with Crippen LogP contribution in [0.1, 0.15) is 31.7 Å². The average molecular weight is 376 g/mol. The molecule has 5 rings (SSSR count). The van der Waals surface area contributed by atoms with E-state index in [1.165, 1.54) is 12.1 Å². The highest BCUT2D eigenvalue weighted by atomic mass is 19.1. The van der Waals surface area contributed by atoms with Crippen LogP contribution in [0, 0.1) is 5.82 Å². The van der Waals surface area contributed by atoms with Crippen molar-refractivity contribution in [2.24, 2.45) is 0 Å². The van der Waals surface area contributed by atoms with E-state index < -0.39 is 0 Å². The molecule has 4 aromatic rings. The molecule has 5 nitrogen and oxygen atoms in total. The minimum absolute atomic E-state index is 0.211. The van der Waals surface area contributed by atoms with Gasteiger partial charge < -0.3 is 14.7 Å². The Morgan fingerprint density at radius 1 is 1.00 bits per heavy atom. The third-order valence-electron chi connectivity index (χ3n) is 5.69. The Morgan fingerprint density at radius 2 is 1.79 bits per heavy atom. The molecule has 0 amide bonds. The number of halogens is 1. The van der Waals surface area contributed by atoms with Gasteiger partial charge in [0.1, 0.15) is 11.5 Å². The summed E-state index contributed by atoms with van der Waals surface area (Å²) in [4.78, 5) is 12.3. The number of pyridine rings is 1. The average Bonchev–Trinajstić information content (AvgIpc) is 3.36. The van der Waals surface area contributed by atoms with Crippen LogP contribution in [-0.4, -0.2) is 30.7 Å². The first-order valence-corrected chi connectivity index (χ1v) is 9.64. The number of imidazole rings is 1. The number of fused-ring (bicyclic) bond motifs is 1. The number of aliphatic hydroxyl groups excluding tert-OH is 1. The number of hydrogen-bond donors (Lipinski definition) is 2. The van der Waals surface area contributed by atoms with E-state index in [1.54, 1.807) is 18.3 Å². The molecule has 2 N–H and O–H groups in total. The van der Waals surface area contributed by atoms with E-state index in [2.05, 4.69) is 14.5 Å². The number of hydrogen-bond acceptors (Lipinski definition) is 3. The van der Waals surface area contributed by atoms with Crippen molar-refractivity contribution in [3.05, 3.63) is 60.9 Å². The van der Waals surface area contributed by atoms with Gasteiger partial charge in [0.05, 0.1) is 23.8 Å². The zero-order chi connectivity index (χ0) is 19.1. The van der Waals surface area contributed by atoms with E-state index >= 15 is 0 Å². The fourth-order valence-corrected chi connectivity index (χ4v) is 4.23. The number of aliphatic hydroxyl groups is 1. The van der Waals surface area contributed by atoms with Gasteiger partial charge in [-0.1, -0.05) is 0 Å². The van der Waals surface area contributed by atoms with Crippen LogP contribution >= 0.6 is 0 Å². The molecule has 0 atom stereocenters. The van der Waals surface area contributed by atoms with E-state index in [4.69, 9.17) is 4.98 Å². The summed E-state index contributed by atoms with van der Waals surface area (Å²) in [5, 5.41) is 10.9. The molecule has 1 aliphatic carbocycles. The maximum Gasteiger partial charge on any atom is 0.137 e. The summed E-state index contributed by atoms with van der Waals surface area (Å²) in [6.07, 6.45) is 8.77. The number of aromatic amines is 1. The number of benzene rings is 1. The smallest absolute Gasteiger partial charge is 0.137 e. The summed E-state index contributed by atoms with van der Waals surface area (Å²) in [7, 11) is 0. The second-order valence-corrected chi connectivity index (χ2v) is 7.42. The zero-order valence-electron chi connectivity index (χ0n) is 15.3. The summed E-state index contributed by atoms with van der Waals surface area (Å²) in [5.41, 5.74) is 4.61. The minimum Gasteiger partial charge on any atom is -0.393 e. The van der Waals surface area contributed by atoms with Crippen molar-refractivity contribution < 1.29 is 9.50 Å². The van der Waals surface area contributed by atoms with Crippen molar-refractivity contribution in [1.29, 1.82) is 0 Å². The van der Waals surface area contributed by atoms with Crippen molar-refractivity contribution >= 4 is 11.0 Å². The monoisotopic (exact) mass is 376 g/mol. The summed E-state index contributed by atoms with van der Waals surface area (Å²) < 4.78 is 15.7. The quantitative estimate of drug-likeness (QED) is 0.544. The highest BCUT2D eigenvalue weighted by molar-refractivity contribution is 5.95. The van der Waals surface area contributed by atoms with Gasteiger partial charge in [-0.2, -0.15) is 0 Å². The lowest BCUT2D eigenvalue weighted by atomic mass is 9.92. The molecule has 3 aromatic heterocycles. The van der Waals surface area contributed by atoms with E-state index in [9.17, 15) is 9.50 Å². The van der Waals surface area contributed by atoms with Gasteiger partial charge in [0, 0.05) is 34.9 Å². The first-order chi connectivity index (χ1) is 13.7. The Morgan fingerprint density at radius 3 is 2.57 bits per heavy atom. The van der Waals surface area contributed by atoms with Crippen LogP contribution in [-0.2, 0) is 0 Å².